The molecule has 1 aromatic rings. The summed E-state index contributed by atoms with van der Waals surface area (Å²) in [5.41, 5.74) is 1.54. The molecule has 2 aliphatic rings. The summed E-state index contributed by atoms with van der Waals surface area (Å²) >= 11 is 6.06. The minimum atomic E-state index is -2.61. The molecule has 1 saturated carbocycles. The molecule has 1 fully saturated rings. The van der Waals surface area contributed by atoms with E-state index in [1.807, 2.05) is 6.08 Å². The average molecular weight is 354 g/mol. The lowest BCUT2D eigenvalue weighted by Gasteiger charge is -2.24. The molecule has 0 saturated heterocycles. The van der Waals surface area contributed by atoms with Crippen LogP contribution in [0.1, 0.15) is 18.4 Å². The predicted octanol–water partition coefficient (Wildman–Crippen LogP) is 4.75. The molecule has 0 spiro atoms. The molecule has 0 bridgehead atoms. The Morgan fingerprint density at radius 1 is 1.42 bits per heavy atom. The van der Waals surface area contributed by atoms with E-state index in [1.165, 1.54) is 12.1 Å². The van der Waals surface area contributed by atoms with Gasteiger partial charge in [-0.2, -0.15) is 5.10 Å². The van der Waals surface area contributed by atoms with Gasteiger partial charge in [0.05, 0.1) is 5.02 Å². The fourth-order valence-corrected chi connectivity index (χ4v) is 2.90. The van der Waals surface area contributed by atoms with Gasteiger partial charge < -0.3 is 4.90 Å². The summed E-state index contributed by atoms with van der Waals surface area (Å²) in [4.78, 5) is 1.74. The van der Waals surface area contributed by atoms with Gasteiger partial charge in [-0.25, -0.2) is 13.2 Å². The molecule has 126 valence electrons. The molecule has 1 atom stereocenters. The zero-order chi connectivity index (χ0) is 17.3. The molecule has 1 aliphatic carbocycles. The normalized spacial score (nSPS) is 22.3. The van der Waals surface area contributed by atoms with E-state index in [9.17, 15) is 13.2 Å². The Morgan fingerprint density at radius 3 is 2.71 bits per heavy atom. The van der Waals surface area contributed by atoms with Crippen LogP contribution in [-0.4, -0.2) is 29.9 Å². The maximum absolute atomic E-state index is 13.1. The van der Waals surface area contributed by atoms with E-state index in [0.29, 0.717) is 23.0 Å². The molecular weight excluding hydrogens is 339 g/mol. The van der Waals surface area contributed by atoms with Crippen LogP contribution in [0.2, 0.25) is 5.02 Å². The lowest BCUT2D eigenvalue weighted by atomic mass is 10.0. The standard InChI is InChI=1S/C17H15ClF3N3/c1-22-23-16(8-12-10-17(12,20)21)24-6-4-11(5-7-24)14-3-2-13(19)9-15(14)18/h2-6,9,12H,1,7-8,10H2/b23-16-. The summed E-state index contributed by atoms with van der Waals surface area (Å²) in [6.45, 7) is 3.73. The predicted molar refractivity (Wildman–Crippen MR) is 89.9 cm³/mol. The average Bonchev–Trinajstić information content (AvgIpc) is 3.14. The highest BCUT2D eigenvalue weighted by Gasteiger charge is 2.57. The fourth-order valence-electron chi connectivity index (χ4n) is 2.62. The molecule has 0 amide bonds. The van der Waals surface area contributed by atoms with Crippen molar-refractivity contribution in [2.75, 3.05) is 6.54 Å². The summed E-state index contributed by atoms with van der Waals surface area (Å²) in [7, 11) is 0. The number of hydrogen-bond donors (Lipinski definition) is 0. The van der Waals surface area contributed by atoms with Gasteiger partial charge >= 0.3 is 0 Å². The van der Waals surface area contributed by atoms with E-state index in [1.54, 1.807) is 23.2 Å². The van der Waals surface area contributed by atoms with Crippen LogP contribution in [0.4, 0.5) is 13.2 Å². The highest BCUT2D eigenvalue weighted by molar-refractivity contribution is 6.32. The Bertz CT molecular complexity index is 755. The molecule has 0 aromatic heterocycles. The van der Waals surface area contributed by atoms with Gasteiger partial charge in [0.1, 0.15) is 11.7 Å². The van der Waals surface area contributed by atoms with Crippen LogP contribution in [0.15, 0.2) is 46.8 Å². The topological polar surface area (TPSA) is 28.0 Å². The second-order valence-electron chi connectivity index (χ2n) is 5.78. The van der Waals surface area contributed by atoms with Crippen LogP contribution in [0.5, 0.6) is 0 Å². The van der Waals surface area contributed by atoms with Gasteiger partial charge in [0.25, 0.3) is 5.92 Å². The van der Waals surface area contributed by atoms with Gasteiger partial charge in [-0.05, 0) is 29.8 Å². The zero-order valence-corrected chi connectivity index (χ0v) is 13.5. The van der Waals surface area contributed by atoms with Crippen LogP contribution < -0.4 is 0 Å². The summed E-state index contributed by atoms with van der Waals surface area (Å²) < 4.78 is 39.4. The van der Waals surface area contributed by atoms with Gasteiger partial charge in [0.15, 0.2) is 0 Å². The Morgan fingerprint density at radius 2 is 2.17 bits per heavy atom. The summed E-state index contributed by atoms with van der Waals surface area (Å²) in [6, 6.07) is 4.20. The van der Waals surface area contributed by atoms with Gasteiger partial charge in [0, 0.05) is 43.8 Å². The molecule has 0 radical (unpaired) electrons. The van der Waals surface area contributed by atoms with Gasteiger partial charge in [0.2, 0.25) is 0 Å². The first-order valence-electron chi connectivity index (χ1n) is 7.41. The molecule has 0 N–H and O–H groups in total. The van der Waals surface area contributed by atoms with Crippen LogP contribution in [0, 0.1) is 11.7 Å². The fraction of sp³-hybridized carbons (Fsp3) is 0.294. The lowest BCUT2D eigenvalue weighted by Crippen LogP contribution is -2.28. The molecule has 3 rings (SSSR count). The van der Waals surface area contributed by atoms with Crippen molar-refractivity contribution in [3.05, 3.63) is 53.0 Å². The van der Waals surface area contributed by atoms with Crippen LogP contribution in [-0.2, 0) is 0 Å². The van der Waals surface area contributed by atoms with Crippen LogP contribution in [0.3, 0.4) is 0 Å². The second-order valence-corrected chi connectivity index (χ2v) is 6.18. The van der Waals surface area contributed by atoms with Crippen molar-refractivity contribution in [1.82, 2.24) is 4.90 Å². The Balaban J connectivity index is 1.73. The van der Waals surface area contributed by atoms with Gasteiger partial charge in [-0.15, -0.1) is 5.10 Å². The van der Waals surface area contributed by atoms with Crippen LogP contribution in [0.25, 0.3) is 5.57 Å². The lowest BCUT2D eigenvalue weighted by molar-refractivity contribution is 0.0998. The van der Waals surface area contributed by atoms with E-state index in [2.05, 4.69) is 16.9 Å². The summed E-state index contributed by atoms with van der Waals surface area (Å²) in [5.74, 6) is -3.25. The number of halogens is 4. The third kappa shape index (κ3) is 3.53. The molecule has 24 heavy (non-hydrogen) atoms. The third-order valence-electron chi connectivity index (χ3n) is 4.09. The first kappa shape index (κ1) is 16.8. The quantitative estimate of drug-likeness (QED) is 0.436. The number of nitrogens with zero attached hydrogens (tertiary/aromatic N) is 3. The molecule has 1 aliphatic heterocycles. The van der Waals surface area contributed by atoms with Gasteiger partial charge in [-0.3, -0.25) is 0 Å². The van der Waals surface area contributed by atoms with E-state index in [4.69, 9.17) is 11.6 Å². The second kappa shape index (κ2) is 6.43. The highest BCUT2D eigenvalue weighted by Crippen LogP contribution is 2.51. The molecule has 1 heterocycles. The Kier molecular flexibility index (Phi) is 4.49. The minimum absolute atomic E-state index is 0.118. The first-order valence-corrected chi connectivity index (χ1v) is 7.79. The maximum atomic E-state index is 13.1. The van der Waals surface area contributed by atoms with Crippen LogP contribution >= 0.6 is 11.6 Å². The van der Waals surface area contributed by atoms with E-state index >= 15 is 0 Å². The summed E-state index contributed by atoms with van der Waals surface area (Å²) in [6.07, 6.45) is 5.43. The monoisotopic (exact) mass is 353 g/mol. The molecular formula is C17H15ClF3N3. The van der Waals surface area contributed by atoms with Crippen molar-refractivity contribution in [3.63, 3.8) is 0 Å². The van der Waals surface area contributed by atoms with Crippen molar-refractivity contribution >= 4 is 29.7 Å². The number of amidine groups is 1. The van der Waals surface area contributed by atoms with E-state index in [-0.39, 0.29) is 12.8 Å². The molecule has 3 nitrogen and oxygen atoms in total. The van der Waals surface area contributed by atoms with E-state index in [0.717, 1.165) is 5.57 Å². The zero-order valence-electron chi connectivity index (χ0n) is 12.7. The maximum Gasteiger partial charge on any atom is 0.252 e. The van der Waals surface area contributed by atoms with Crippen molar-refractivity contribution in [3.8, 4) is 0 Å². The van der Waals surface area contributed by atoms with Crippen molar-refractivity contribution in [2.45, 2.75) is 18.8 Å². The Hall–Kier alpha value is -2.08. The Labute approximate surface area is 142 Å². The number of benzene rings is 1. The SMILES string of the molecule is C=N/N=C(/CC1CC1(F)F)N1C=CC(c2ccc(F)cc2Cl)=CC1. The molecule has 1 aromatic carbocycles. The minimum Gasteiger partial charge on any atom is -0.331 e. The van der Waals surface area contributed by atoms with Crippen molar-refractivity contribution < 1.29 is 13.2 Å². The number of hydrogen-bond acceptors (Lipinski definition) is 2. The third-order valence-corrected chi connectivity index (χ3v) is 4.40. The molecule has 7 heteroatoms. The van der Waals surface area contributed by atoms with Gasteiger partial charge in [-0.1, -0.05) is 17.7 Å². The first-order chi connectivity index (χ1) is 11.4. The number of alkyl halides is 2. The van der Waals surface area contributed by atoms with Crippen molar-refractivity contribution in [2.24, 2.45) is 16.1 Å². The summed E-state index contributed by atoms with van der Waals surface area (Å²) in [5, 5.41) is 7.68. The largest absolute Gasteiger partial charge is 0.331 e. The molecule has 1 unspecified atom stereocenters. The number of allylic oxidation sites excluding steroid dienone is 2. The number of rotatable bonds is 4. The van der Waals surface area contributed by atoms with Crippen molar-refractivity contribution in [1.29, 1.82) is 0 Å². The van der Waals surface area contributed by atoms with E-state index < -0.39 is 17.7 Å². The highest BCUT2D eigenvalue weighted by atomic mass is 35.5. The smallest absolute Gasteiger partial charge is 0.252 e.